The van der Waals surface area contributed by atoms with E-state index < -0.39 is 9.84 Å². The van der Waals surface area contributed by atoms with Gasteiger partial charge in [-0.3, -0.25) is 5.41 Å². The molecule has 0 unspecified atom stereocenters. The van der Waals surface area contributed by atoms with Gasteiger partial charge >= 0.3 is 0 Å². The summed E-state index contributed by atoms with van der Waals surface area (Å²) in [7, 11) is 0.0939. The van der Waals surface area contributed by atoms with E-state index in [0.717, 1.165) is 0 Å². The maximum atomic E-state index is 11.8. The Bertz CT molecular complexity index is 689. The third-order valence-corrected chi connectivity index (χ3v) is 6.86. The SMILES string of the molecule is COc1ccc(N2C(=N)S[C@H]3CS(=O)(=O)C[C@H]32)c(OC)c1. The summed E-state index contributed by atoms with van der Waals surface area (Å²) >= 11 is 1.31. The minimum absolute atomic E-state index is 0.0747. The van der Waals surface area contributed by atoms with Crippen molar-refractivity contribution in [1.29, 1.82) is 5.41 Å². The number of hydrogen-bond donors (Lipinski definition) is 1. The van der Waals surface area contributed by atoms with Crippen molar-refractivity contribution < 1.29 is 17.9 Å². The van der Waals surface area contributed by atoms with Gasteiger partial charge in [-0.05, 0) is 12.1 Å². The molecule has 0 aliphatic carbocycles. The summed E-state index contributed by atoms with van der Waals surface area (Å²) < 4.78 is 34.2. The number of sulfone groups is 1. The van der Waals surface area contributed by atoms with E-state index in [1.807, 2.05) is 0 Å². The predicted octanol–water partition coefficient (Wildman–Crippen LogP) is 1.36. The van der Waals surface area contributed by atoms with Gasteiger partial charge in [0.1, 0.15) is 11.5 Å². The maximum absolute atomic E-state index is 11.8. The molecule has 1 N–H and O–H groups in total. The summed E-state index contributed by atoms with van der Waals surface area (Å²) in [4.78, 5) is 1.76. The number of nitrogens with one attached hydrogen (secondary N) is 1. The normalized spacial score (nSPS) is 26.8. The molecule has 8 heteroatoms. The van der Waals surface area contributed by atoms with Gasteiger partial charge in [0.15, 0.2) is 15.0 Å². The van der Waals surface area contributed by atoms with Gasteiger partial charge in [0.2, 0.25) is 0 Å². The Hall–Kier alpha value is -1.41. The number of amidine groups is 1. The van der Waals surface area contributed by atoms with E-state index in [1.54, 1.807) is 37.3 Å². The number of benzene rings is 1. The highest BCUT2D eigenvalue weighted by molar-refractivity contribution is 8.15. The molecule has 3 rings (SSSR count). The third-order valence-electron chi connectivity index (χ3n) is 3.73. The molecule has 0 bridgehead atoms. The molecule has 1 aromatic carbocycles. The highest BCUT2D eigenvalue weighted by atomic mass is 32.2. The molecule has 2 atom stereocenters. The summed E-state index contributed by atoms with van der Waals surface area (Å²) in [6, 6.07) is 5.13. The molecule has 21 heavy (non-hydrogen) atoms. The molecule has 2 saturated heterocycles. The van der Waals surface area contributed by atoms with Crippen LogP contribution in [0.2, 0.25) is 0 Å². The first-order valence-corrected chi connectivity index (χ1v) is 9.12. The Labute approximate surface area is 127 Å². The number of fused-ring (bicyclic) bond motifs is 1. The van der Waals surface area contributed by atoms with Gasteiger partial charge in [0.05, 0.1) is 37.5 Å². The number of ether oxygens (including phenoxy) is 2. The second-order valence-corrected chi connectivity index (χ2v) is 8.40. The van der Waals surface area contributed by atoms with E-state index in [1.165, 1.54) is 11.8 Å². The van der Waals surface area contributed by atoms with Crippen LogP contribution in [0.4, 0.5) is 5.69 Å². The van der Waals surface area contributed by atoms with Crippen molar-refractivity contribution in [2.75, 3.05) is 30.6 Å². The molecule has 1 aromatic rings. The lowest BCUT2D eigenvalue weighted by molar-refractivity contribution is 0.394. The van der Waals surface area contributed by atoms with Crippen LogP contribution in [0.5, 0.6) is 11.5 Å². The highest BCUT2D eigenvalue weighted by Gasteiger charge is 2.49. The van der Waals surface area contributed by atoms with Crippen molar-refractivity contribution in [1.82, 2.24) is 0 Å². The molecular weight excluding hydrogens is 312 g/mol. The van der Waals surface area contributed by atoms with Crippen LogP contribution in [-0.4, -0.2) is 50.6 Å². The highest BCUT2D eigenvalue weighted by Crippen LogP contribution is 2.44. The number of nitrogens with zero attached hydrogens (tertiary/aromatic N) is 1. The molecule has 2 fully saturated rings. The second-order valence-electron chi connectivity index (χ2n) is 5.01. The largest absolute Gasteiger partial charge is 0.497 e. The Balaban J connectivity index is 2.01. The van der Waals surface area contributed by atoms with Crippen molar-refractivity contribution in [2.24, 2.45) is 0 Å². The second kappa shape index (κ2) is 5.10. The molecule has 0 radical (unpaired) electrons. The van der Waals surface area contributed by atoms with Crippen LogP contribution in [0.15, 0.2) is 18.2 Å². The fourth-order valence-electron chi connectivity index (χ4n) is 2.77. The first-order valence-electron chi connectivity index (χ1n) is 6.42. The number of methoxy groups -OCH3 is 2. The fraction of sp³-hybridized carbons (Fsp3) is 0.462. The van der Waals surface area contributed by atoms with Gasteiger partial charge in [-0.25, -0.2) is 8.42 Å². The van der Waals surface area contributed by atoms with Crippen LogP contribution < -0.4 is 14.4 Å². The van der Waals surface area contributed by atoms with Crippen molar-refractivity contribution in [3.63, 3.8) is 0 Å². The van der Waals surface area contributed by atoms with E-state index >= 15 is 0 Å². The summed E-state index contributed by atoms with van der Waals surface area (Å²) in [5, 5.41) is 8.44. The van der Waals surface area contributed by atoms with Crippen LogP contribution in [0.3, 0.4) is 0 Å². The molecule has 2 aliphatic heterocycles. The molecular formula is C13H16N2O4S2. The predicted molar refractivity (Wildman–Crippen MR) is 83.6 cm³/mol. The van der Waals surface area contributed by atoms with E-state index in [-0.39, 0.29) is 22.8 Å². The first-order chi connectivity index (χ1) is 9.95. The standard InChI is InChI=1S/C13H16N2O4S2/c1-18-8-3-4-9(11(5-8)19-2)15-10-6-21(16,17)7-12(10)20-13(15)14/h3-5,10,12,14H,6-7H2,1-2H3/t10-,12+/m1/s1. The van der Waals surface area contributed by atoms with Gasteiger partial charge in [-0.15, -0.1) is 0 Å². The number of rotatable bonds is 3. The summed E-state index contributed by atoms with van der Waals surface area (Å²) in [5.41, 5.74) is 0.709. The van der Waals surface area contributed by atoms with Gasteiger partial charge in [0, 0.05) is 11.3 Å². The molecule has 6 nitrogen and oxygen atoms in total. The fourth-order valence-corrected chi connectivity index (χ4v) is 6.56. The molecule has 2 heterocycles. The van der Waals surface area contributed by atoms with Gasteiger partial charge in [0.25, 0.3) is 0 Å². The van der Waals surface area contributed by atoms with Crippen molar-refractivity contribution in [2.45, 2.75) is 11.3 Å². The zero-order valence-corrected chi connectivity index (χ0v) is 13.3. The minimum Gasteiger partial charge on any atom is -0.497 e. The Morgan fingerprint density at radius 2 is 2.05 bits per heavy atom. The zero-order valence-electron chi connectivity index (χ0n) is 11.7. The Kier molecular flexibility index (Phi) is 3.53. The topological polar surface area (TPSA) is 79.7 Å². The van der Waals surface area contributed by atoms with Gasteiger partial charge < -0.3 is 14.4 Å². The summed E-state index contributed by atoms with van der Waals surface area (Å²) in [6.07, 6.45) is 0. The van der Waals surface area contributed by atoms with Crippen LogP contribution >= 0.6 is 11.8 Å². The van der Waals surface area contributed by atoms with E-state index in [2.05, 4.69) is 0 Å². The van der Waals surface area contributed by atoms with Crippen LogP contribution in [0.1, 0.15) is 0 Å². The quantitative estimate of drug-likeness (QED) is 0.902. The molecule has 0 spiro atoms. The lowest BCUT2D eigenvalue weighted by Crippen LogP contribution is -2.37. The molecule has 0 saturated carbocycles. The lowest BCUT2D eigenvalue weighted by Gasteiger charge is -2.25. The first kappa shape index (κ1) is 14.5. The monoisotopic (exact) mass is 328 g/mol. The van der Waals surface area contributed by atoms with Gasteiger partial charge in [-0.2, -0.15) is 0 Å². The summed E-state index contributed by atoms with van der Waals surface area (Å²) in [5.74, 6) is 1.45. The van der Waals surface area contributed by atoms with Crippen LogP contribution in [0, 0.1) is 5.41 Å². The van der Waals surface area contributed by atoms with E-state index in [4.69, 9.17) is 14.9 Å². The number of hydrogen-bond acceptors (Lipinski definition) is 6. The smallest absolute Gasteiger partial charge is 0.161 e. The minimum atomic E-state index is -3.03. The maximum Gasteiger partial charge on any atom is 0.161 e. The molecule has 2 aliphatic rings. The van der Waals surface area contributed by atoms with Crippen molar-refractivity contribution in [3.8, 4) is 11.5 Å². The number of anilines is 1. The number of thioether (sulfide) groups is 1. The molecule has 0 aromatic heterocycles. The van der Waals surface area contributed by atoms with Crippen molar-refractivity contribution >= 4 is 32.5 Å². The van der Waals surface area contributed by atoms with E-state index in [0.29, 0.717) is 22.4 Å². The van der Waals surface area contributed by atoms with Gasteiger partial charge in [-0.1, -0.05) is 11.8 Å². The Morgan fingerprint density at radius 3 is 2.71 bits per heavy atom. The Morgan fingerprint density at radius 1 is 1.29 bits per heavy atom. The average Bonchev–Trinajstić information content (AvgIpc) is 2.88. The zero-order chi connectivity index (χ0) is 15.2. The van der Waals surface area contributed by atoms with Crippen molar-refractivity contribution in [3.05, 3.63) is 18.2 Å². The van der Waals surface area contributed by atoms with Crippen LogP contribution in [-0.2, 0) is 9.84 Å². The molecule has 0 amide bonds. The summed E-state index contributed by atoms with van der Waals surface area (Å²) in [6.45, 7) is 0. The van der Waals surface area contributed by atoms with Crippen LogP contribution in [0.25, 0.3) is 0 Å². The average molecular weight is 328 g/mol. The molecule has 114 valence electrons. The van der Waals surface area contributed by atoms with E-state index in [9.17, 15) is 8.42 Å². The lowest BCUT2D eigenvalue weighted by atomic mass is 10.2. The third kappa shape index (κ3) is 2.46.